The van der Waals surface area contributed by atoms with Crippen molar-refractivity contribution in [2.75, 3.05) is 0 Å². The van der Waals surface area contributed by atoms with Gasteiger partial charge in [0.15, 0.2) is 0 Å². The summed E-state index contributed by atoms with van der Waals surface area (Å²) in [7, 11) is 0. The number of hydrogen-bond acceptors (Lipinski definition) is 3. The van der Waals surface area contributed by atoms with Gasteiger partial charge in [-0.2, -0.15) is 13.2 Å². The first-order chi connectivity index (χ1) is 8.31. The highest BCUT2D eigenvalue weighted by Crippen LogP contribution is 2.27. The Hall–Kier alpha value is -0.620. The SMILES string of the molecule is CCCc1nc(CC(F)(F)F)sc1CNC(C)C. The summed E-state index contributed by atoms with van der Waals surface area (Å²) < 4.78 is 37.0. The van der Waals surface area contributed by atoms with Crippen LogP contribution >= 0.6 is 11.3 Å². The van der Waals surface area contributed by atoms with Gasteiger partial charge in [0.25, 0.3) is 0 Å². The average molecular weight is 280 g/mol. The van der Waals surface area contributed by atoms with E-state index in [2.05, 4.69) is 10.3 Å². The van der Waals surface area contributed by atoms with Crippen LogP contribution < -0.4 is 5.32 Å². The average Bonchev–Trinajstić information content (AvgIpc) is 2.55. The van der Waals surface area contributed by atoms with E-state index in [0.717, 1.165) is 23.4 Å². The van der Waals surface area contributed by atoms with Gasteiger partial charge in [-0.1, -0.05) is 27.2 Å². The van der Waals surface area contributed by atoms with Crippen molar-refractivity contribution in [1.29, 1.82) is 0 Å². The molecule has 0 radical (unpaired) electrons. The Bertz CT molecular complexity index is 372. The Morgan fingerprint density at radius 2 is 2.00 bits per heavy atom. The minimum absolute atomic E-state index is 0.173. The second-order valence-corrected chi connectivity index (χ2v) is 5.72. The number of halogens is 3. The summed E-state index contributed by atoms with van der Waals surface area (Å²) >= 11 is 1.17. The van der Waals surface area contributed by atoms with E-state index in [4.69, 9.17) is 0 Å². The number of aromatic nitrogens is 1. The van der Waals surface area contributed by atoms with Gasteiger partial charge in [-0.3, -0.25) is 0 Å². The maximum absolute atomic E-state index is 12.3. The maximum Gasteiger partial charge on any atom is 0.395 e. The summed E-state index contributed by atoms with van der Waals surface area (Å²) in [6.07, 6.45) is -3.46. The van der Waals surface area contributed by atoms with Gasteiger partial charge in [0.2, 0.25) is 0 Å². The zero-order chi connectivity index (χ0) is 13.8. The first-order valence-corrected chi connectivity index (χ1v) is 6.91. The number of hydrogen-bond donors (Lipinski definition) is 1. The number of aryl methyl sites for hydroxylation is 1. The topological polar surface area (TPSA) is 24.9 Å². The summed E-state index contributed by atoms with van der Waals surface area (Å²) in [5.74, 6) is 0. The van der Waals surface area contributed by atoms with Gasteiger partial charge in [-0.25, -0.2) is 4.98 Å². The molecule has 1 N–H and O–H groups in total. The molecule has 2 nitrogen and oxygen atoms in total. The largest absolute Gasteiger partial charge is 0.395 e. The fourth-order valence-electron chi connectivity index (χ4n) is 1.55. The molecule has 0 unspecified atom stereocenters. The summed E-state index contributed by atoms with van der Waals surface area (Å²) in [5, 5.41) is 3.40. The molecule has 1 rings (SSSR count). The Kier molecular flexibility index (Phi) is 5.59. The number of alkyl halides is 3. The smallest absolute Gasteiger partial charge is 0.310 e. The lowest BCUT2D eigenvalue weighted by Gasteiger charge is -2.07. The van der Waals surface area contributed by atoms with Gasteiger partial charge >= 0.3 is 6.18 Å². The molecular weight excluding hydrogens is 261 g/mol. The van der Waals surface area contributed by atoms with Crippen molar-refractivity contribution in [3.8, 4) is 0 Å². The van der Waals surface area contributed by atoms with E-state index in [1.54, 1.807) is 0 Å². The first-order valence-electron chi connectivity index (χ1n) is 6.09. The minimum Gasteiger partial charge on any atom is -0.310 e. The molecule has 0 aromatic carbocycles. The van der Waals surface area contributed by atoms with Crippen molar-refractivity contribution in [3.05, 3.63) is 15.6 Å². The summed E-state index contributed by atoms with van der Waals surface area (Å²) in [6, 6.07) is 0.313. The molecular formula is C12H19F3N2S. The lowest BCUT2D eigenvalue weighted by atomic mass is 10.2. The van der Waals surface area contributed by atoms with Crippen molar-refractivity contribution in [3.63, 3.8) is 0 Å². The first kappa shape index (κ1) is 15.4. The maximum atomic E-state index is 12.3. The Morgan fingerprint density at radius 3 is 2.50 bits per heavy atom. The molecule has 0 fully saturated rings. The molecule has 18 heavy (non-hydrogen) atoms. The van der Waals surface area contributed by atoms with Crippen molar-refractivity contribution in [1.82, 2.24) is 10.3 Å². The standard InChI is InChI=1S/C12H19F3N2S/c1-4-5-9-10(7-16-8(2)3)18-11(17-9)6-12(13,14)15/h8,16H,4-7H2,1-3H3. The van der Waals surface area contributed by atoms with Crippen molar-refractivity contribution < 1.29 is 13.2 Å². The molecule has 0 aliphatic carbocycles. The van der Waals surface area contributed by atoms with Crippen molar-refractivity contribution in [2.24, 2.45) is 0 Å². The van der Waals surface area contributed by atoms with Crippen LogP contribution in [0.25, 0.3) is 0 Å². The van der Waals surface area contributed by atoms with Gasteiger partial charge < -0.3 is 5.32 Å². The molecule has 0 bridgehead atoms. The Morgan fingerprint density at radius 1 is 1.33 bits per heavy atom. The lowest BCUT2D eigenvalue weighted by molar-refractivity contribution is -0.127. The second kappa shape index (κ2) is 6.52. The zero-order valence-corrected chi connectivity index (χ0v) is 11.7. The van der Waals surface area contributed by atoms with E-state index >= 15 is 0 Å². The molecule has 1 heterocycles. The third kappa shape index (κ3) is 5.35. The molecule has 0 aliphatic heterocycles. The van der Waals surface area contributed by atoms with Crippen LogP contribution in [-0.2, 0) is 19.4 Å². The molecule has 6 heteroatoms. The number of thiazole rings is 1. The van der Waals surface area contributed by atoms with Crippen LogP contribution in [0.5, 0.6) is 0 Å². The normalized spacial score (nSPS) is 12.4. The highest BCUT2D eigenvalue weighted by molar-refractivity contribution is 7.11. The molecule has 0 amide bonds. The Labute approximate surface area is 110 Å². The molecule has 0 atom stereocenters. The van der Waals surface area contributed by atoms with E-state index in [1.165, 1.54) is 11.3 Å². The van der Waals surface area contributed by atoms with Gasteiger partial charge in [-0.05, 0) is 6.42 Å². The number of rotatable bonds is 6. The molecule has 0 aliphatic rings. The van der Waals surface area contributed by atoms with Gasteiger partial charge in [-0.15, -0.1) is 11.3 Å². The fourth-order valence-corrected chi connectivity index (χ4v) is 2.65. The second-order valence-electron chi connectivity index (χ2n) is 4.56. The zero-order valence-electron chi connectivity index (χ0n) is 10.9. The molecule has 1 aromatic heterocycles. The van der Waals surface area contributed by atoms with E-state index in [-0.39, 0.29) is 5.01 Å². The summed E-state index contributed by atoms with van der Waals surface area (Å²) in [5.41, 5.74) is 0.815. The van der Waals surface area contributed by atoms with E-state index in [0.29, 0.717) is 12.6 Å². The van der Waals surface area contributed by atoms with Crippen LogP contribution in [0, 0.1) is 0 Å². The van der Waals surface area contributed by atoms with E-state index < -0.39 is 12.6 Å². The van der Waals surface area contributed by atoms with Crippen LogP contribution in [0.1, 0.15) is 42.8 Å². The van der Waals surface area contributed by atoms with E-state index in [1.807, 2.05) is 20.8 Å². The van der Waals surface area contributed by atoms with Crippen molar-refractivity contribution >= 4 is 11.3 Å². The number of nitrogens with zero attached hydrogens (tertiary/aromatic N) is 1. The van der Waals surface area contributed by atoms with Gasteiger partial charge in [0.05, 0.1) is 12.1 Å². The van der Waals surface area contributed by atoms with Crippen LogP contribution in [0.3, 0.4) is 0 Å². The molecule has 1 aromatic rings. The summed E-state index contributed by atoms with van der Waals surface area (Å²) in [6.45, 7) is 6.62. The molecule has 0 saturated heterocycles. The highest BCUT2D eigenvalue weighted by Gasteiger charge is 2.30. The highest BCUT2D eigenvalue weighted by atomic mass is 32.1. The predicted octanol–water partition coefficient (Wildman–Crippen LogP) is 3.70. The minimum atomic E-state index is -4.18. The monoisotopic (exact) mass is 280 g/mol. The third-order valence-electron chi connectivity index (χ3n) is 2.33. The van der Waals surface area contributed by atoms with Crippen LogP contribution in [0.15, 0.2) is 0 Å². The van der Waals surface area contributed by atoms with Crippen LogP contribution in [0.4, 0.5) is 13.2 Å². The van der Waals surface area contributed by atoms with Crippen LogP contribution in [-0.4, -0.2) is 17.2 Å². The van der Waals surface area contributed by atoms with Crippen molar-refractivity contribution in [2.45, 2.75) is 58.8 Å². The Balaban J connectivity index is 2.79. The quantitative estimate of drug-likeness (QED) is 0.859. The number of nitrogens with one attached hydrogen (secondary N) is 1. The third-order valence-corrected chi connectivity index (χ3v) is 3.43. The fraction of sp³-hybridized carbons (Fsp3) is 0.750. The molecule has 0 spiro atoms. The van der Waals surface area contributed by atoms with Crippen LogP contribution in [0.2, 0.25) is 0 Å². The predicted molar refractivity (Wildman–Crippen MR) is 67.8 cm³/mol. The molecule has 104 valence electrons. The lowest BCUT2D eigenvalue weighted by Crippen LogP contribution is -2.21. The van der Waals surface area contributed by atoms with Gasteiger partial charge in [0.1, 0.15) is 5.01 Å². The van der Waals surface area contributed by atoms with E-state index in [9.17, 15) is 13.2 Å². The molecule has 0 saturated carbocycles. The summed E-state index contributed by atoms with van der Waals surface area (Å²) in [4.78, 5) is 5.06. The van der Waals surface area contributed by atoms with Gasteiger partial charge in [0, 0.05) is 17.5 Å².